The average Bonchev–Trinajstić information content (AvgIpc) is 2.99. The number of aromatic nitrogens is 2. The zero-order valence-corrected chi connectivity index (χ0v) is 9.09. The number of rotatable bonds is 2. The van der Waals surface area contributed by atoms with Gasteiger partial charge >= 0.3 is 0 Å². The zero-order valence-electron chi connectivity index (χ0n) is 9.09. The molecule has 0 spiro atoms. The molecule has 1 aromatic heterocycles. The van der Waals surface area contributed by atoms with E-state index in [0.717, 1.165) is 6.20 Å². The third-order valence-corrected chi connectivity index (χ3v) is 2.50. The second kappa shape index (κ2) is 4.14. The molecule has 92 valence electrons. The van der Waals surface area contributed by atoms with Crippen LogP contribution in [0.2, 0.25) is 0 Å². The summed E-state index contributed by atoms with van der Waals surface area (Å²) in [4.78, 5) is 0. The first-order valence-electron chi connectivity index (χ1n) is 5.20. The molecule has 0 atom stereocenters. The van der Waals surface area contributed by atoms with E-state index in [2.05, 4.69) is 5.10 Å². The van der Waals surface area contributed by atoms with Crippen LogP contribution in [0.4, 0.5) is 8.78 Å². The summed E-state index contributed by atoms with van der Waals surface area (Å²) in [5.41, 5.74) is 0.928. The molecule has 0 N–H and O–H groups in total. The van der Waals surface area contributed by atoms with Crippen LogP contribution < -0.4 is 0 Å². The van der Waals surface area contributed by atoms with E-state index in [4.69, 9.17) is 9.47 Å². The SMILES string of the molecule is Fc1ccc(-n2cc(F)cn2)c(C2OC=CO2)c1. The van der Waals surface area contributed by atoms with Gasteiger partial charge in [-0.1, -0.05) is 0 Å². The van der Waals surface area contributed by atoms with E-state index in [1.807, 2.05) is 0 Å². The Morgan fingerprint density at radius 3 is 2.56 bits per heavy atom. The molecule has 0 unspecified atom stereocenters. The minimum Gasteiger partial charge on any atom is -0.455 e. The normalized spacial score (nSPS) is 14.6. The predicted octanol–water partition coefficient (Wildman–Crippen LogP) is 2.67. The maximum atomic E-state index is 13.3. The molecule has 0 bridgehead atoms. The molecular formula is C12H8F2N2O2. The molecule has 0 fully saturated rings. The molecule has 0 amide bonds. The highest BCUT2D eigenvalue weighted by Gasteiger charge is 2.21. The fraction of sp³-hybridized carbons (Fsp3) is 0.0833. The van der Waals surface area contributed by atoms with Crippen molar-refractivity contribution < 1.29 is 18.3 Å². The Bertz CT molecular complexity index is 602. The maximum absolute atomic E-state index is 13.3. The van der Waals surface area contributed by atoms with Crippen LogP contribution in [0.1, 0.15) is 11.9 Å². The molecule has 1 aliphatic heterocycles. The van der Waals surface area contributed by atoms with Crippen LogP contribution in [0.3, 0.4) is 0 Å². The molecule has 0 saturated carbocycles. The Morgan fingerprint density at radius 2 is 1.89 bits per heavy atom. The summed E-state index contributed by atoms with van der Waals surface area (Å²) in [7, 11) is 0. The first-order valence-corrected chi connectivity index (χ1v) is 5.20. The molecule has 1 aromatic carbocycles. The summed E-state index contributed by atoms with van der Waals surface area (Å²) in [5, 5.41) is 3.84. The Balaban J connectivity index is 2.08. The van der Waals surface area contributed by atoms with Crippen LogP contribution in [-0.4, -0.2) is 9.78 Å². The van der Waals surface area contributed by atoms with Crippen LogP contribution in [0.15, 0.2) is 43.1 Å². The van der Waals surface area contributed by atoms with Crippen LogP contribution in [-0.2, 0) is 9.47 Å². The van der Waals surface area contributed by atoms with Gasteiger partial charge in [0.05, 0.1) is 23.6 Å². The van der Waals surface area contributed by atoms with Gasteiger partial charge < -0.3 is 9.47 Å². The highest BCUT2D eigenvalue weighted by Crippen LogP contribution is 2.29. The predicted molar refractivity (Wildman–Crippen MR) is 57.5 cm³/mol. The molecule has 0 aliphatic carbocycles. The lowest BCUT2D eigenvalue weighted by molar-refractivity contribution is -0.0248. The highest BCUT2D eigenvalue weighted by molar-refractivity contribution is 5.42. The zero-order chi connectivity index (χ0) is 12.5. The lowest BCUT2D eigenvalue weighted by Gasteiger charge is -2.15. The van der Waals surface area contributed by atoms with E-state index >= 15 is 0 Å². The van der Waals surface area contributed by atoms with Crippen molar-refractivity contribution in [1.82, 2.24) is 9.78 Å². The fourth-order valence-corrected chi connectivity index (χ4v) is 1.74. The number of hydrogen-bond acceptors (Lipinski definition) is 3. The summed E-state index contributed by atoms with van der Waals surface area (Å²) < 4.78 is 37.9. The fourth-order valence-electron chi connectivity index (χ4n) is 1.74. The van der Waals surface area contributed by atoms with Gasteiger partial charge in [-0.3, -0.25) is 0 Å². The van der Waals surface area contributed by atoms with E-state index in [9.17, 15) is 8.78 Å². The first-order chi connectivity index (χ1) is 8.74. The van der Waals surface area contributed by atoms with Gasteiger partial charge in [-0.15, -0.1) is 0 Å². The largest absolute Gasteiger partial charge is 0.455 e. The quantitative estimate of drug-likeness (QED) is 0.822. The Labute approximate surface area is 101 Å². The average molecular weight is 250 g/mol. The third-order valence-electron chi connectivity index (χ3n) is 2.50. The summed E-state index contributed by atoms with van der Waals surface area (Å²) in [6.45, 7) is 0. The van der Waals surface area contributed by atoms with Crippen molar-refractivity contribution in [2.24, 2.45) is 0 Å². The Morgan fingerprint density at radius 1 is 1.11 bits per heavy atom. The Hall–Kier alpha value is -2.37. The Kier molecular flexibility index (Phi) is 2.47. The molecule has 4 nitrogen and oxygen atoms in total. The monoisotopic (exact) mass is 250 g/mol. The highest BCUT2D eigenvalue weighted by atomic mass is 19.1. The van der Waals surface area contributed by atoms with Crippen LogP contribution in [0, 0.1) is 11.6 Å². The summed E-state index contributed by atoms with van der Waals surface area (Å²) in [6.07, 6.45) is 4.25. The van der Waals surface area contributed by atoms with Crippen molar-refractivity contribution in [1.29, 1.82) is 0 Å². The summed E-state index contributed by atoms with van der Waals surface area (Å²) in [6, 6.07) is 4.02. The molecule has 18 heavy (non-hydrogen) atoms. The minimum absolute atomic E-state index is 0.430. The molecule has 2 heterocycles. The molecule has 6 heteroatoms. The number of nitrogens with zero attached hydrogens (tertiary/aromatic N) is 2. The number of ether oxygens (including phenoxy) is 2. The molecule has 0 saturated heterocycles. The van der Waals surface area contributed by atoms with E-state index in [-0.39, 0.29) is 0 Å². The first kappa shape index (κ1) is 10.8. The van der Waals surface area contributed by atoms with Crippen molar-refractivity contribution >= 4 is 0 Å². The van der Waals surface area contributed by atoms with Gasteiger partial charge in [-0.25, -0.2) is 13.5 Å². The van der Waals surface area contributed by atoms with E-state index in [0.29, 0.717) is 11.3 Å². The number of benzene rings is 1. The molecule has 3 rings (SSSR count). The number of hydrogen-bond donors (Lipinski definition) is 0. The number of halogens is 2. The maximum Gasteiger partial charge on any atom is 0.268 e. The van der Waals surface area contributed by atoms with E-state index in [1.165, 1.54) is 41.6 Å². The standard InChI is InChI=1S/C12H8F2N2O2/c13-8-1-2-11(16-7-9(14)6-15-16)10(5-8)12-17-3-4-18-12/h1-7,12H. The minimum atomic E-state index is -0.747. The van der Waals surface area contributed by atoms with Gasteiger partial charge in [0.15, 0.2) is 5.82 Å². The summed E-state index contributed by atoms with van der Waals surface area (Å²) in [5.74, 6) is -0.905. The van der Waals surface area contributed by atoms with Crippen LogP contribution in [0.25, 0.3) is 5.69 Å². The second-order valence-electron chi connectivity index (χ2n) is 3.68. The smallest absolute Gasteiger partial charge is 0.268 e. The van der Waals surface area contributed by atoms with Crippen molar-refractivity contribution in [2.45, 2.75) is 6.29 Å². The van der Waals surface area contributed by atoms with Gasteiger partial charge in [-0.2, -0.15) is 5.10 Å². The van der Waals surface area contributed by atoms with Gasteiger partial charge in [0.25, 0.3) is 6.29 Å². The summed E-state index contributed by atoms with van der Waals surface area (Å²) >= 11 is 0. The van der Waals surface area contributed by atoms with Gasteiger partial charge in [-0.05, 0) is 18.2 Å². The van der Waals surface area contributed by atoms with Crippen LogP contribution in [0.5, 0.6) is 0 Å². The third kappa shape index (κ3) is 1.81. The van der Waals surface area contributed by atoms with Crippen molar-refractivity contribution in [2.75, 3.05) is 0 Å². The van der Waals surface area contributed by atoms with Crippen molar-refractivity contribution in [3.8, 4) is 5.69 Å². The van der Waals surface area contributed by atoms with E-state index in [1.54, 1.807) is 0 Å². The lowest BCUT2D eigenvalue weighted by atomic mass is 10.1. The van der Waals surface area contributed by atoms with Gasteiger partial charge in [0.1, 0.15) is 18.3 Å². The van der Waals surface area contributed by atoms with Gasteiger partial charge in [0.2, 0.25) is 0 Å². The lowest BCUT2D eigenvalue weighted by Crippen LogP contribution is -2.06. The van der Waals surface area contributed by atoms with Gasteiger partial charge in [0, 0.05) is 0 Å². The van der Waals surface area contributed by atoms with Crippen LogP contribution >= 0.6 is 0 Å². The molecule has 2 aromatic rings. The molecule has 0 radical (unpaired) electrons. The molecular weight excluding hydrogens is 242 g/mol. The van der Waals surface area contributed by atoms with E-state index < -0.39 is 17.9 Å². The molecule has 1 aliphatic rings. The second-order valence-corrected chi connectivity index (χ2v) is 3.68. The van der Waals surface area contributed by atoms with Crippen molar-refractivity contribution in [3.63, 3.8) is 0 Å². The topological polar surface area (TPSA) is 36.3 Å². The van der Waals surface area contributed by atoms with Crippen molar-refractivity contribution in [3.05, 3.63) is 60.3 Å².